The predicted molar refractivity (Wildman–Crippen MR) is 77.5 cm³/mol. The molecule has 6 heteroatoms. The van der Waals surface area contributed by atoms with Gasteiger partial charge in [0, 0.05) is 38.1 Å². The van der Waals surface area contributed by atoms with Crippen LogP contribution in [0.25, 0.3) is 0 Å². The van der Waals surface area contributed by atoms with E-state index < -0.39 is 4.92 Å². The van der Waals surface area contributed by atoms with E-state index in [1.807, 2.05) is 12.1 Å². The first kappa shape index (κ1) is 14.6. The van der Waals surface area contributed by atoms with E-state index in [-0.39, 0.29) is 18.0 Å². The van der Waals surface area contributed by atoms with Crippen LogP contribution in [0.15, 0.2) is 48.8 Å². The number of nitro benzene ring substituents is 1. The van der Waals surface area contributed by atoms with Gasteiger partial charge in [-0.05, 0) is 17.2 Å². The van der Waals surface area contributed by atoms with E-state index in [0.717, 1.165) is 11.1 Å². The molecular formula is C15H15N3O3. The fraction of sp³-hybridized carbons (Fsp3) is 0.200. The smallest absolute Gasteiger partial charge is 0.269 e. The maximum Gasteiger partial charge on any atom is 0.269 e. The molecule has 0 bridgehead atoms. The van der Waals surface area contributed by atoms with Gasteiger partial charge in [0.1, 0.15) is 0 Å². The largest absolute Gasteiger partial charge is 0.341 e. The number of hydrogen-bond acceptors (Lipinski definition) is 4. The molecule has 0 unspecified atom stereocenters. The van der Waals surface area contributed by atoms with E-state index in [1.54, 1.807) is 36.5 Å². The Morgan fingerprint density at radius 2 is 1.95 bits per heavy atom. The van der Waals surface area contributed by atoms with Crippen LogP contribution >= 0.6 is 0 Å². The molecule has 108 valence electrons. The van der Waals surface area contributed by atoms with Crippen molar-refractivity contribution in [1.82, 2.24) is 9.88 Å². The Kier molecular flexibility index (Phi) is 4.61. The van der Waals surface area contributed by atoms with Gasteiger partial charge in [0.25, 0.3) is 5.69 Å². The van der Waals surface area contributed by atoms with Crippen LogP contribution in [0.2, 0.25) is 0 Å². The van der Waals surface area contributed by atoms with Crippen molar-refractivity contribution in [2.45, 2.75) is 13.0 Å². The van der Waals surface area contributed by atoms with Crippen molar-refractivity contribution in [1.29, 1.82) is 0 Å². The predicted octanol–water partition coefficient (Wildman–Crippen LogP) is 2.19. The second kappa shape index (κ2) is 6.60. The van der Waals surface area contributed by atoms with Crippen LogP contribution in [0.1, 0.15) is 11.1 Å². The van der Waals surface area contributed by atoms with Gasteiger partial charge in [-0.15, -0.1) is 0 Å². The molecule has 21 heavy (non-hydrogen) atoms. The summed E-state index contributed by atoms with van der Waals surface area (Å²) in [6.07, 6.45) is 3.62. The Hall–Kier alpha value is -2.76. The van der Waals surface area contributed by atoms with Gasteiger partial charge in [-0.3, -0.25) is 19.9 Å². The zero-order chi connectivity index (χ0) is 15.2. The van der Waals surface area contributed by atoms with Gasteiger partial charge >= 0.3 is 0 Å². The molecule has 0 spiro atoms. The number of rotatable bonds is 5. The summed E-state index contributed by atoms with van der Waals surface area (Å²) in [6.45, 7) is 0.486. The van der Waals surface area contributed by atoms with Gasteiger partial charge < -0.3 is 4.90 Å². The highest BCUT2D eigenvalue weighted by Gasteiger charge is 2.11. The lowest BCUT2D eigenvalue weighted by molar-refractivity contribution is -0.384. The number of nitro groups is 1. The van der Waals surface area contributed by atoms with Crippen LogP contribution in [0.4, 0.5) is 5.69 Å². The van der Waals surface area contributed by atoms with Crippen LogP contribution < -0.4 is 0 Å². The summed E-state index contributed by atoms with van der Waals surface area (Å²) >= 11 is 0. The topological polar surface area (TPSA) is 76.3 Å². The summed E-state index contributed by atoms with van der Waals surface area (Å²) in [4.78, 5) is 27.8. The maximum absolute atomic E-state index is 12.1. The molecule has 1 amide bonds. The molecule has 1 heterocycles. The van der Waals surface area contributed by atoms with Gasteiger partial charge in [0.2, 0.25) is 5.91 Å². The van der Waals surface area contributed by atoms with E-state index in [9.17, 15) is 14.9 Å². The van der Waals surface area contributed by atoms with Crippen LogP contribution in [-0.4, -0.2) is 27.8 Å². The number of pyridine rings is 1. The molecule has 0 radical (unpaired) electrons. The molecule has 2 rings (SSSR count). The molecule has 0 atom stereocenters. The third-order valence-corrected chi connectivity index (χ3v) is 3.07. The lowest BCUT2D eigenvalue weighted by atomic mass is 10.1. The highest BCUT2D eigenvalue weighted by Crippen LogP contribution is 2.13. The fourth-order valence-electron chi connectivity index (χ4n) is 1.90. The highest BCUT2D eigenvalue weighted by molar-refractivity contribution is 5.78. The number of carbonyl (C=O) groups is 1. The zero-order valence-electron chi connectivity index (χ0n) is 11.6. The lowest BCUT2D eigenvalue weighted by Gasteiger charge is -2.17. The van der Waals surface area contributed by atoms with Crippen molar-refractivity contribution in [2.75, 3.05) is 7.05 Å². The van der Waals surface area contributed by atoms with E-state index in [1.165, 1.54) is 12.1 Å². The van der Waals surface area contributed by atoms with Crippen LogP contribution in [-0.2, 0) is 17.8 Å². The summed E-state index contributed by atoms with van der Waals surface area (Å²) in [7, 11) is 1.72. The molecule has 2 aromatic rings. The number of carbonyl (C=O) groups excluding carboxylic acids is 1. The SMILES string of the molecule is CN(Cc1cccnc1)C(=O)Cc1ccc([N+](=O)[O-])cc1. The first-order valence-corrected chi connectivity index (χ1v) is 6.42. The van der Waals surface area contributed by atoms with Crippen molar-refractivity contribution >= 4 is 11.6 Å². The normalized spacial score (nSPS) is 10.1. The van der Waals surface area contributed by atoms with Crippen LogP contribution in [0.3, 0.4) is 0 Å². The summed E-state index contributed by atoms with van der Waals surface area (Å²) in [5, 5.41) is 10.6. The van der Waals surface area contributed by atoms with Crippen molar-refractivity contribution in [2.24, 2.45) is 0 Å². The average molecular weight is 285 g/mol. The number of amides is 1. The summed E-state index contributed by atoms with van der Waals surface area (Å²) in [5.41, 5.74) is 1.73. The Morgan fingerprint density at radius 1 is 1.24 bits per heavy atom. The average Bonchev–Trinajstić information content (AvgIpc) is 2.48. The number of hydrogen-bond donors (Lipinski definition) is 0. The van der Waals surface area contributed by atoms with E-state index in [0.29, 0.717) is 6.54 Å². The zero-order valence-corrected chi connectivity index (χ0v) is 11.6. The summed E-state index contributed by atoms with van der Waals surface area (Å²) < 4.78 is 0. The molecule has 0 saturated carbocycles. The third kappa shape index (κ3) is 4.10. The minimum Gasteiger partial charge on any atom is -0.341 e. The molecule has 1 aromatic carbocycles. The lowest BCUT2D eigenvalue weighted by Crippen LogP contribution is -2.27. The quantitative estimate of drug-likeness (QED) is 0.623. The number of likely N-dealkylation sites (N-methyl/N-ethyl adjacent to an activating group) is 1. The highest BCUT2D eigenvalue weighted by atomic mass is 16.6. The number of non-ortho nitro benzene ring substituents is 1. The van der Waals surface area contributed by atoms with Crippen LogP contribution in [0.5, 0.6) is 0 Å². The van der Waals surface area contributed by atoms with Crippen molar-refractivity contribution in [3.63, 3.8) is 0 Å². The minimum absolute atomic E-state index is 0.0231. The van der Waals surface area contributed by atoms with E-state index in [4.69, 9.17) is 0 Å². The molecule has 0 aliphatic carbocycles. The van der Waals surface area contributed by atoms with Gasteiger partial charge in [-0.1, -0.05) is 18.2 Å². The molecule has 0 aliphatic rings. The van der Waals surface area contributed by atoms with Crippen molar-refractivity contribution < 1.29 is 9.72 Å². The number of aromatic nitrogens is 1. The maximum atomic E-state index is 12.1. The fourth-order valence-corrected chi connectivity index (χ4v) is 1.90. The molecule has 0 saturated heterocycles. The molecule has 1 aromatic heterocycles. The second-order valence-electron chi connectivity index (χ2n) is 4.71. The Morgan fingerprint density at radius 3 is 2.52 bits per heavy atom. The monoisotopic (exact) mass is 285 g/mol. The van der Waals surface area contributed by atoms with Crippen molar-refractivity contribution in [3.8, 4) is 0 Å². The molecule has 0 aliphatic heterocycles. The third-order valence-electron chi connectivity index (χ3n) is 3.07. The van der Waals surface area contributed by atoms with Gasteiger partial charge in [-0.25, -0.2) is 0 Å². The molecular weight excluding hydrogens is 270 g/mol. The van der Waals surface area contributed by atoms with E-state index in [2.05, 4.69) is 4.98 Å². The Balaban J connectivity index is 1.95. The van der Waals surface area contributed by atoms with Gasteiger partial charge in [-0.2, -0.15) is 0 Å². The van der Waals surface area contributed by atoms with E-state index >= 15 is 0 Å². The summed E-state index contributed by atoms with van der Waals surface area (Å²) in [6, 6.07) is 9.75. The van der Waals surface area contributed by atoms with Crippen LogP contribution in [0, 0.1) is 10.1 Å². The summed E-state index contributed by atoms with van der Waals surface area (Å²) in [5.74, 6) is -0.0484. The number of nitrogens with zero attached hydrogens (tertiary/aromatic N) is 3. The number of benzene rings is 1. The Labute approximate surface area is 122 Å². The van der Waals surface area contributed by atoms with Gasteiger partial charge in [0.15, 0.2) is 0 Å². The second-order valence-corrected chi connectivity index (χ2v) is 4.71. The van der Waals surface area contributed by atoms with Gasteiger partial charge in [0.05, 0.1) is 11.3 Å². The minimum atomic E-state index is -0.458. The molecule has 0 N–H and O–H groups in total. The standard InChI is InChI=1S/C15H15N3O3/c1-17(11-13-3-2-8-16-10-13)15(19)9-12-4-6-14(7-5-12)18(20)21/h2-8,10H,9,11H2,1H3. The Bertz CT molecular complexity index is 626. The van der Waals surface area contributed by atoms with Crippen molar-refractivity contribution in [3.05, 3.63) is 70.0 Å². The molecule has 6 nitrogen and oxygen atoms in total. The first-order valence-electron chi connectivity index (χ1n) is 6.42. The molecule has 0 fully saturated rings. The first-order chi connectivity index (χ1) is 10.1.